The van der Waals surface area contributed by atoms with Gasteiger partial charge in [-0.05, 0) is 43.5 Å². The number of aromatic nitrogens is 2. The molecule has 2 N–H and O–H groups in total. The summed E-state index contributed by atoms with van der Waals surface area (Å²) in [7, 11) is 0. The lowest BCUT2D eigenvalue weighted by Gasteiger charge is -2.32. The first kappa shape index (κ1) is 21.1. The van der Waals surface area contributed by atoms with Gasteiger partial charge in [0.15, 0.2) is 0 Å². The van der Waals surface area contributed by atoms with E-state index in [1.165, 1.54) is 5.56 Å². The van der Waals surface area contributed by atoms with Crippen LogP contribution in [0.2, 0.25) is 5.02 Å². The number of nitrogens with one attached hydrogen (secondary N) is 2. The summed E-state index contributed by atoms with van der Waals surface area (Å²) >= 11 is 6.50. The number of halogens is 1. The summed E-state index contributed by atoms with van der Waals surface area (Å²) in [6.45, 7) is 3.61. The molecule has 1 aliphatic heterocycles. The van der Waals surface area contributed by atoms with Gasteiger partial charge >= 0.3 is 0 Å². The van der Waals surface area contributed by atoms with E-state index in [4.69, 9.17) is 11.6 Å². The van der Waals surface area contributed by atoms with Gasteiger partial charge in [-0.15, -0.1) is 0 Å². The van der Waals surface area contributed by atoms with E-state index in [0.717, 1.165) is 30.9 Å². The smallest absolute Gasteiger partial charge is 0.229 e. The Balaban J connectivity index is 1.38. The molecule has 1 saturated heterocycles. The topological polar surface area (TPSA) is 70.2 Å². The third kappa shape index (κ3) is 5.33. The molecule has 1 fully saturated rings. The lowest BCUT2D eigenvalue weighted by molar-refractivity contribution is -0.120. The largest absolute Gasteiger partial charge is 0.377 e. The minimum Gasteiger partial charge on any atom is -0.377 e. The molecule has 2 aromatic carbocycles. The fourth-order valence-electron chi connectivity index (χ4n) is 3.87. The van der Waals surface area contributed by atoms with Gasteiger partial charge in [0.25, 0.3) is 0 Å². The number of hydrogen-bond acceptors (Lipinski definition) is 5. The zero-order valence-electron chi connectivity index (χ0n) is 17.5. The van der Waals surface area contributed by atoms with Crippen LogP contribution in [-0.4, -0.2) is 29.0 Å². The van der Waals surface area contributed by atoms with Gasteiger partial charge in [0, 0.05) is 37.2 Å². The molecule has 0 unspecified atom stereocenters. The molecule has 2 heterocycles. The van der Waals surface area contributed by atoms with Gasteiger partial charge in [0.05, 0.1) is 22.8 Å². The summed E-state index contributed by atoms with van der Waals surface area (Å²) in [5.41, 5.74) is 2.72. The number of rotatable bonds is 6. The maximum Gasteiger partial charge on any atom is 0.229 e. The van der Waals surface area contributed by atoms with Crippen LogP contribution in [0.15, 0.2) is 67.1 Å². The van der Waals surface area contributed by atoms with Crippen molar-refractivity contribution < 1.29 is 4.79 Å². The SMILES string of the molecule is C[C@@H](Nc1ccc(NC(=O)[C@@H]2CCCN(c3cnccn3)C2)cc1Cl)c1ccccc1. The van der Waals surface area contributed by atoms with Crippen LogP contribution in [0.3, 0.4) is 0 Å². The summed E-state index contributed by atoms with van der Waals surface area (Å²) in [6, 6.07) is 15.9. The molecule has 0 spiro atoms. The predicted molar refractivity (Wildman–Crippen MR) is 126 cm³/mol. The molecule has 0 radical (unpaired) electrons. The number of piperidine rings is 1. The summed E-state index contributed by atoms with van der Waals surface area (Å²) in [6.07, 6.45) is 6.86. The van der Waals surface area contributed by atoms with Crippen molar-refractivity contribution in [1.29, 1.82) is 0 Å². The highest BCUT2D eigenvalue weighted by molar-refractivity contribution is 6.33. The Hall–Kier alpha value is -3.12. The number of hydrogen-bond donors (Lipinski definition) is 2. The van der Waals surface area contributed by atoms with Gasteiger partial charge in [-0.25, -0.2) is 4.98 Å². The molecule has 1 aliphatic rings. The zero-order valence-corrected chi connectivity index (χ0v) is 18.2. The lowest BCUT2D eigenvalue weighted by atomic mass is 9.97. The number of amides is 1. The van der Waals surface area contributed by atoms with Crippen molar-refractivity contribution in [2.45, 2.75) is 25.8 Å². The van der Waals surface area contributed by atoms with Crippen LogP contribution in [0.4, 0.5) is 17.2 Å². The lowest BCUT2D eigenvalue weighted by Crippen LogP contribution is -2.41. The number of nitrogens with zero attached hydrogens (tertiary/aromatic N) is 3. The maximum absolute atomic E-state index is 12.9. The normalized spacial score (nSPS) is 17.1. The van der Waals surface area contributed by atoms with Crippen molar-refractivity contribution in [3.05, 3.63) is 77.7 Å². The van der Waals surface area contributed by atoms with Gasteiger partial charge in [0.2, 0.25) is 5.91 Å². The van der Waals surface area contributed by atoms with Crippen molar-refractivity contribution in [2.24, 2.45) is 5.92 Å². The Morgan fingerprint density at radius 3 is 2.77 bits per heavy atom. The Kier molecular flexibility index (Phi) is 6.67. The van der Waals surface area contributed by atoms with E-state index in [1.54, 1.807) is 24.7 Å². The summed E-state index contributed by atoms with van der Waals surface area (Å²) in [5.74, 6) is 0.708. The highest BCUT2D eigenvalue weighted by Gasteiger charge is 2.26. The monoisotopic (exact) mass is 435 g/mol. The molecule has 7 heteroatoms. The predicted octanol–water partition coefficient (Wildman–Crippen LogP) is 5.16. The molecule has 160 valence electrons. The van der Waals surface area contributed by atoms with E-state index in [2.05, 4.69) is 44.6 Å². The molecular formula is C24H26ClN5O. The van der Waals surface area contributed by atoms with E-state index in [1.807, 2.05) is 30.3 Å². The fraction of sp³-hybridized carbons (Fsp3) is 0.292. The van der Waals surface area contributed by atoms with Crippen LogP contribution in [0.5, 0.6) is 0 Å². The summed E-state index contributed by atoms with van der Waals surface area (Å²) in [5, 5.41) is 7.03. The van der Waals surface area contributed by atoms with Crippen LogP contribution in [0.25, 0.3) is 0 Å². The number of benzene rings is 2. The van der Waals surface area contributed by atoms with Crippen LogP contribution in [0, 0.1) is 5.92 Å². The second kappa shape index (κ2) is 9.79. The molecule has 1 aromatic heterocycles. The molecule has 0 bridgehead atoms. The minimum absolute atomic E-state index is 0.00280. The number of carbonyl (C=O) groups is 1. The van der Waals surface area contributed by atoms with Crippen LogP contribution in [0.1, 0.15) is 31.4 Å². The van der Waals surface area contributed by atoms with Crippen molar-refractivity contribution in [2.75, 3.05) is 28.6 Å². The molecule has 31 heavy (non-hydrogen) atoms. The van der Waals surface area contributed by atoms with Crippen molar-refractivity contribution in [3.63, 3.8) is 0 Å². The fourth-order valence-corrected chi connectivity index (χ4v) is 4.10. The molecular weight excluding hydrogens is 410 g/mol. The van der Waals surface area contributed by atoms with E-state index < -0.39 is 0 Å². The standard InChI is InChI=1S/C24H26ClN5O/c1-17(18-6-3-2-4-7-18)28-22-10-9-20(14-21(22)25)29-24(31)19-8-5-13-30(16-19)23-15-26-11-12-27-23/h2-4,6-7,9-12,14-15,17,19,28H,5,8,13,16H2,1H3,(H,29,31)/t17-,19-/m1/s1. The van der Waals surface area contributed by atoms with Crippen LogP contribution in [-0.2, 0) is 4.79 Å². The summed E-state index contributed by atoms with van der Waals surface area (Å²) < 4.78 is 0. The molecule has 1 amide bonds. The molecule has 4 rings (SSSR count). The van der Waals surface area contributed by atoms with Crippen molar-refractivity contribution in [1.82, 2.24) is 9.97 Å². The minimum atomic E-state index is -0.106. The van der Waals surface area contributed by atoms with Gasteiger partial charge in [0.1, 0.15) is 5.82 Å². The number of carbonyl (C=O) groups excluding carboxylic acids is 1. The van der Waals surface area contributed by atoms with E-state index in [-0.39, 0.29) is 17.9 Å². The average molecular weight is 436 g/mol. The maximum atomic E-state index is 12.9. The van der Waals surface area contributed by atoms with Crippen LogP contribution >= 0.6 is 11.6 Å². The van der Waals surface area contributed by atoms with E-state index >= 15 is 0 Å². The highest BCUT2D eigenvalue weighted by atomic mass is 35.5. The first-order chi connectivity index (χ1) is 15.1. The third-order valence-electron chi connectivity index (χ3n) is 5.57. The molecule has 2 atom stereocenters. The average Bonchev–Trinajstić information content (AvgIpc) is 2.82. The third-order valence-corrected chi connectivity index (χ3v) is 5.89. The van der Waals surface area contributed by atoms with E-state index in [9.17, 15) is 4.79 Å². The van der Waals surface area contributed by atoms with Crippen molar-refractivity contribution in [3.8, 4) is 0 Å². The quantitative estimate of drug-likeness (QED) is 0.559. The Morgan fingerprint density at radius 2 is 2.03 bits per heavy atom. The Morgan fingerprint density at radius 1 is 1.19 bits per heavy atom. The second-order valence-electron chi connectivity index (χ2n) is 7.81. The van der Waals surface area contributed by atoms with E-state index in [0.29, 0.717) is 17.3 Å². The first-order valence-corrected chi connectivity index (χ1v) is 10.9. The molecule has 0 aliphatic carbocycles. The van der Waals surface area contributed by atoms with Gasteiger partial charge in [-0.1, -0.05) is 41.9 Å². The second-order valence-corrected chi connectivity index (χ2v) is 8.22. The molecule has 3 aromatic rings. The zero-order chi connectivity index (χ0) is 21.6. The summed E-state index contributed by atoms with van der Waals surface area (Å²) in [4.78, 5) is 23.5. The Bertz CT molecular complexity index is 1010. The van der Waals surface area contributed by atoms with Crippen molar-refractivity contribution >= 4 is 34.7 Å². The van der Waals surface area contributed by atoms with Gasteiger partial charge in [-0.3, -0.25) is 9.78 Å². The molecule has 0 saturated carbocycles. The van der Waals surface area contributed by atoms with Gasteiger partial charge in [-0.2, -0.15) is 0 Å². The first-order valence-electron chi connectivity index (χ1n) is 10.5. The van der Waals surface area contributed by atoms with Crippen LogP contribution < -0.4 is 15.5 Å². The highest BCUT2D eigenvalue weighted by Crippen LogP contribution is 2.30. The number of anilines is 3. The molecule has 6 nitrogen and oxygen atoms in total. The van der Waals surface area contributed by atoms with Gasteiger partial charge < -0.3 is 15.5 Å². The Labute approximate surface area is 187 Å².